The first kappa shape index (κ1) is 35.6. The van der Waals surface area contributed by atoms with Crippen LogP contribution in [-0.4, -0.2) is 19.5 Å². The van der Waals surface area contributed by atoms with E-state index in [2.05, 4.69) is 193 Å². The molecule has 63 heavy (non-hydrogen) atoms. The zero-order chi connectivity index (χ0) is 41.4. The Labute approximate surface area is 365 Å². The summed E-state index contributed by atoms with van der Waals surface area (Å²) < 4.78 is 11.7. The first-order valence-electron chi connectivity index (χ1n) is 21.1. The molecular formula is C57H34N4OS. The van der Waals surface area contributed by atoms with Crippen LogP contribution in [0.3, 0.4) is 0 Å². The van der Waals surface area contributed by atoms with Crippen LogP contribution in [0.2, 0.25) is 0 Å². The SMILES string of the molecule is c1ccc(-c2cccc(-c3ccc4oc5c(-c6nc(-c7ccccc7)nc(-c7cccc8c7sc7ccccc78)n6)cc(-n6c7ccccc7c7ccccc76)cc5c4c3)c2)cc1. The molecule has 0 aliphatic rings. The average Bonchev–Trinajstić information content (AvgIpc) is 4.04. The molecule has 0 spiro atoms. The first-order chi connectivity index (χ1) is 31.2. The molecule has 13 rings (SSSR count). The summed E-state index contributed by atoms with van der Waals surface area (Å²) in [6.45, 7) is 0. The number of furan rings is 1. The number of benzene rings is 9. The van der Waals surface area contributed by atoms with Crippen LogP contribution in [0.25, 0.3) is 126 Å². The van der Waals surface area contributed by atoms with Crippen LogP contribution in [0.5, 0.6) is 0 Å². The fourth-order valence-corrected chi connectivity index (χ4v) is 10.5. The Morgan fingerprint density at radius 3 is 1.70 bits per heavy atom. The lowest BCUT2D eigenvalue weighted by Crippen LogP contribution is -2.01. The van der Waals surface area contributed by atoms with Crippen LogP contribution in [0, 0.1) is 0 Å². The highest BCUT2D eigenvalue weighted by atomic mass is 32.1. The standard InChI is InChI=1S/C57H34N4OS/c1-3-15-35(16-4-1)37-19-13-20-38(31-37)39-29-30-51-46(32-39)47-33-40(61-49-26-10-7-21-41(49)42-22-8-11-27-50(42)61)34-48(53(47)62-51)57-59-55(36-17-5-2-6-18-36)58-56(60-57)45-25-14-24-44-43-23-9-12-28-52(43)63-54(44)45/h1-34H. The van der Waals surface area contributed by atoms with Gasteiger partial charge in [0.05, 0.1) is 16.6 Å². The molecule has 0 aliphatic carbocycles. The maximum atomic E-state index is 6.96. The van der Waals surface area contributed by atoms with E-state index < -0.39 is 0 Å². The van der Waals surface area contributed by atoms with Gasteiger partial charge < -0.3 is 8.98 Å². The maximum Gasteiger partial charge on any atom is 0.167 e. The highest BCUT2D eigenvalue weighted by molar-refractivity contribution is 7.26. The van der Waals surface area contributed by atoms with Gasteiger partial charge in [-0.05, 0) is 76.9 Å². The molecular weight excluding hydrogens is 789 g/mol. The lowest BCUT2D eigenvalue weighted by molar-refractivity contribution is 0.669. The molecule has 0 bridgehead atoms. The van der Waals surface area contributed by atoms with Crippen molar-refractivity contribution in [1.82, 2.24) is 19.5 Å². The van der Waals surface area contributed by atoms with Gasteiger partial charge in [-0.25, -0.2) is 15.0 Å². The van der Waals surface area contributed by atoms with Gasteiger partial charge in [0.2, 0.25) is 0 Å². The lowest BCUT2D eigenvalue weighted by atomic mass is 9.97. The van der Waals surface area contributed by atoms with Crippen LogP contribution in [0.4, 0.5) is 0 Å². The molecule has 0 atom stereocenters. The molecule has 4 aromatic heterocycles. The summed E-state index contributed by atoms with van der Waals surface area (Å²) in [7, 11) is 0. The molecule has 0 N–H and O–H groups in total. The van der Waals surface area contributed by atoms with E-state index in [4.69, 9.17) is 19.4 Å². The number of para-hydroxylation sites is 2. The second kappa shape index (κ2) is 14.2. The highest BCUT2D eigenvalue weighted by Crippen LogP contribution is 2.43. The summed E-state index contributed by atoms with van der Waals surface area (Å²) in [5.41, 5.74) is 12.0. The highest BCUT2D eigenvalue weighted by Gasteiger charge is 2.23. The summed E-state index contributed by atoms with van der Waals surface area (Å²) in [6.07, 6.45) is 0. The summed E-state index contributed by atoms with van der Waals surface area (Å²) in [6, 6.07) is 72.7. The Bertz CT molecular complexity index is 3870. The van der Waals surface area contributed by atoms with Crippen molar-refractivity contribution in [2.75, 3.05) is 0 Å². The molecule has 4 heterocycles. The first-order valence-corrected chi connectivity index (χ1v) is 21.9. The van der Waals surface area contributed by atoms with Gasteiger partial charge in [0.15, 0.2) is 17.5 Å². The van der Waals surface area contributed by atoms with E-state index in [0.717, 1.165) is 71.2 Å². The normalized spacial score (nSPS) is 11.8. The molecule has 294 valence electrons. The number of thiophene rings is 1. The minimum atomic E-state index is 0.541. The smallest absolute Gasteiger partial charge is 0.167 e. The van der Waals surface area contributed by atoms with Crippen molar-refractivity contribution >= 4 is 75.3 Å². The van der Waals surface area contributed by atoms with Gasteiger partial charge in [-0.15, -0.1) is 11.3 Å². The molecule has 0 aliphatic heterocycles. The summed E-state index contributed by atoms with van der Waals surface area (Å²) >= 11 is 1.77. The Hall–Kier alpha value is -8.19. The van der Waals surface area contributed by atoms with Gasteiger partial charge in [-0.1, -0.05) is 152 Å². The minimum Gasteiger partial charge on any atom is -0.455 e. The predicted octanol–water partition coefficient (Wildman–Crippen LogP) is 15.6. The van der Waals surface area contributed by atoms with Gasteiger partial charge in [-0.3, -0.25) is 0 Å². The van der Waals surface area contributed by atoms with Gasteiger partial charge >= 0.3 is 0 Å². The second-order valence-corrected chi connectivity index (χ2v) is 17.0. The van der Waals surface area contributed by atoms with E-state index >= 15 is 0 Å². The molecule has 0 amide bonds. The Kier molecular flexibility index (Phi) is 8.01. The van der Waals surface area contributed by atoms with Crippen molar-refractivity contribution in [2.24, 2.45) is 0 Å². The van der Waals surface area contributed by atoms with Crippen LogP contribution in [-0.2, 0) is 0 Å². The van der Waals surface area contributed by atoms with E-state index in [0.29, 0.717) is 17.5 Å². The van der Waals surface area contributed by atoms with Gasteiger partial charge in [0, 0.05) is 58.5 Å². The molecule has 0 fully saturated rings. The number of hydrogen-bond donors (Lipinski definition) is 0. The quantitative estimate of drug-likeness (QED) is 0.168. The van der Waals surface area contributed by atoms with Crippen molar-refractivity contribution in [1.29, 1.82) is 0 Å². The third-order valence-electron chi connectivity index (χ3n) is 12.3. The maximum absolute atomic E-state index is 6.96. The van der Waals surface area contributed by atoms with E-state index in [1.807, 2.05) is 18.2 Å². The molecule has 0 saturated carbocycles. The average molecular weight is 823 g/mol. The fourth-order valence-electron chi connectivity index (χ4n) is 9.30. The molecule has 0 saturated heterocycles. The molecule has 5 nitrogen and oxygen atoms in total. The fraction of sp³-hybridized carbons (Fsp3) is 0. The van der Waals surface area contributed by atoms with Gasteiger partial charge in [0.25, 0.3) is 0 Å². The Morgan fingerprint density at radius 1 is 0.365 bits per heavy atom. The number of nitrogens with zero attached hydrogens (tertiary/aromatic N) is 4. The second-order valence-electron chi connectivity index (χ2n) is 16.0. The molecule has 13 aromatic rings. The molecule has 9 aromatic carbocycles. The molecule has 0 unspecified atom stereocenters. The van der Waals surface area contributed by atoms with Crippen LogP contribution < -0.4 is 0 Å². The topological polar surface area (TPSA) is 56.7 Å². The van der Waals surface area contributed by atoms with Gasteiger partial charge in [-0.2, -0.15) is 0 Å². The summed E-state index contributed by atoms with van der Waals surface area (Å²) in [5.74, 6) is 1.75. The zero-order valence-corrected chi connectivity index (χ0v) is 34.6. The number of hydrogen-bond acceptors (Lipinski definition) is 5. The third kappa shape index (κ3) is 5.80. The Balaban J connectivity index is 1.10. The van der Waals surface area contributed by atoms with E-state index in [1.54, 1.807) is 11.3 Å². The lowest BCUT2D eigenvalue weighted by Gasteiger charge is -2.13. The van der Waals surface area contributed by atoms with Crippen molar-refractivity contribution in [3.63, 3.8) is 0 Å². The van der Waals surface area contributed by atoms with Crippen molar-refractivity contribution in [3.05, 3.63) is 206 Å². The largest absolute Gasteiger partial charge is 0.455 e. The molecule has 6 heteroatoms. The van der Waals surface area contributed by atoms with Crippen LogP contribution >= 0.6 is 11.3 Å². The number of fused-ring (bicyclic) bond motifs is 9. The minimum absolute atomic E-state index is 0.541. The van der Waals surface area contributed by atoms with Gasteiger partial charge in [0.1, 0.15) is 11.2 Å². The van der Waals surface area contributed by atoms with Crippen LogP contribution in [0.1, 0.15) is 0 Å². The van der Waals surface area contributed by atoms with Crippen molar-refractivity contribution in [2.45, 2.75) is 0 Å². The van der Waals surface area contributed by atoms with Crippen LogP contribution in [0.15, 0.2) is 211 Å². The van der Waals surface area contributed by atoms with Crippen molar-refractivity contribution < 1.29 is 4.42 Å². The molecule has 0 radical (unpaired) electrons. The Morgan fingerprint density at radius 2 is 0.937 bits per heavy atom. The van der Waals surface area contributed by atoms with E-state index in [-0.39, 0.29) is 0 Å². The third-order valence-corrected chi connectivity index (χ3v) is 13.5. The number of rotatable bonds is 6. The zero-order valence-electron chi connectivity index (χ0n) is 33.7. The summed E-state index contributed by atoms with van der Waals surface area (Å²) in [5, 5.41) is 6.80. The predicted molar refractivity (Wildman–Crippen MR) is 262 cm³/mol. The number of aromatic nitrogens is 4. The van der Waals surface area contributed by atoms with Crippen molar-refractivity contribution in [3.8, 4) is 62.1 Å². The van der Waals surface area contributed by atoms with E-state index in [9.17, 15) is 0 Å². The summed E-state index contributed by atoms with van der Waals surface area (Å²) in [4.78, 5) is 15.9. The van der Waals surface area contributed by atoms with E-state index in [1.165, 1.54) is 37.4 Å². The monoisotopic (exact) mass is 822 g/mol.